The average Bonchev–Trinajstić information content (AvgIpc) is 2.29. The first-order valence-electron chi connectivity index (χ1n) is 3.61. The summed E-state index contributed by atoms with van der Waals surface area (Å²) >= 11 is 0. The second kappa shape index (κ2) is 6.04. The van der Waals surface area contributed by atoms with Crippen molar-refractivity contribution in [3.63, 3.8) is 0 Å². The molecular weight excluding hydrogens is 254 g/mol. The van der Waals surface area contributed by atoms with Gasteiger partial charge < -0.3 is 15.8 Å². The largest absolute Gasteiger partial charge is 0.459 e. The molecule has 0 radical (unpaired) electrons. The van der Waals surface area contributed by atoms with Crippen molar-refractivity contribution >= 4 is 12.0 Å². The summed E-state index contributed by atoms with van der Waals surface area (Å²) in [6, 6.07) is -1.90. The van der Waals surface area contributed by atoms with Crippen molar-refractivity contribution in [2.45, 2.75) is 0 Å². The number of guanidine groups is 1. The Balaban J connectivity index is 5.43. The van der Waals surface area contributed by atoms with Gasteiger partial charge in [-0.15, -0.1) is 5.53 Å². The molecule has 2 amide bonds. The van der Waals surface area contributed by atoms with E-state index in [0.717, 1.165) is 6.19 Å². The number of carbonyl (C=O) groups excluding carboxylic acids is 1. The number of nitriles is 1. The van der Waals surface area contributed by atoms with Gasteiger partial charge in [0, 0.05) is 10.1 Å². The smallest absolute Gasteiger partial charge is 0.348 e. The predicted octanol–water partition coefficient (Wildman–Crippen LogP) is -0.600. The van der Waals surface area contributed by atoms with E-state index in [1.165, 1.54) is 0 Å². The minimum atomic E-state index is -1.90. The molecule has 0 rings (SSSR count). The van der Waals surface area contributed by atoms with Crippen LogP contribution < -0.4 is 5.73 Å². The predicted molar refractivity (Wildman–Crippen MR) is 50.4 cm³/mol. The molecule has 15 heteroatoms. The lowest BCUT2D eigenvalue weighted by Gasteiger charge is -2.17. The van der Waals surface area contributed by atoms with Crippen molar-refractivity contribution in [2.24, 2.45) is 16.2 Å². The molecule has 0 saturated heterocycles. The summed E-state index contributed by atoms with van der Waals surface area (Å²) in [7, 11) is 0. The number of carbonyl (C=O) groups is 1. The first kappa shape index (κ1) is 14.3. The number of hydrazine groups is 2. The van der Waals surface area contributed by atoms with Crippen molar-refractivity contribution < 1.29 is 9.83 Å². The van der Waals surface area contributed by atoms with Crippen molar-refractivity contribution in [3.05, 3.63) is 25.5 Å². The Labute approximate surface area is 96.7 Å². The summed E-state index contributed by atoms with van der Waals surface area (Å²) < 4.78 is 0. The van der Waals surface area contributed by atoms with Crippen LogP contribution in [0.25, 0.3) is 10.4 Å². The lowest BCUT2D eigenvalue weighted by Crippen LogP contribution is -2.51. The van der Waals surface area contributed by atoms with E-state index < -0.39 is 22.1 Å². The molecule has 0 spiro atoms. The molecule has 0 saturated carbocycles. The maximum Gasteiger partial charge on any atom is 0.459 e. The van der Waals surface area contributed by atoms with Crippen LogP contribution in [0.15, 0.2) is 10.5 Å². The Bertz CT molecular complexity index is 469. The summed E-state index contributed by atoms with van der Waals surface area (Å²) in [6.07, 6.45) is 1.02. The minimum Gasteiger partial charge on any atom is -0.348 e. The van der Waals surface area contributed by atoms with E-state index in [1.807, 2.05) is 0 Å². The van der Waals surface area contributed by atoms with Gasteiger partial charge in [0.05, 0.1) is 5.03 Å². The normalized spacial score (nSPS) is 8.17. The molecule has 0 aliphatic carbocycles. The fourth-order valence-corrected chi connectivity index (χ4v) is 0.619. The van der Waals surface area contributed by atoms with E-state index >= 15 is 0 Å². The zero-order valence-electron chi connectivity index (χ0n) is 8.24. The van der Waals surface area contributed by atoms with Crippen molar-refractivity contribution in [1.82, 2.24) is 15.2 Å². The molecule has 0 aliphatic rings. The SMILES string of the molecule is N#CN(C(=O)N(N=O)[N+](=O)[O-])N(N=[N+]=[N-])C(=N)N. The highest BCUT2D eigenvalue weighted by atomic mass is 16.7. The van der Waals surface area contributed by atoms with Gasteiger partial charge in [-0.25, -0.2) is 10.2 Å². The van der Waals surface area contributed by atoms with Gasteiger partial charge in [0.15, 0.2) is 0 Å². The van der Waals surface area contributed by atoms with E-state index in [2.05, 4.69) is 10.1 Å². The van der Waals surface area contributed by atoms with Crippen LogP contribution in [0.2, 0.25) is 0 Å². The molecule has 0 aromatic rings. The number of hydrogen-bond donors (Lipinski definition) is 2. The molecule has 3 N–H and O–H groups in total. The molecule has 0 fully saturated rings. The number of amides is 2. The Hall–Kier alpha value is -3.66. The summed E-state index contributed by atoms with van der Waals surface area (Å²) in [5.74, 6) is -1.10. The van der Waals surface area contributed by atoms with Gasteiger partial charge in [-0.05, 0) is 5.01 Å². The van der Waals surface area contributed by atoms with Crippen LogP contribution in [0.4, 0.5) is 4.79 Å². The van der Waals surface area contributed by atoms with Crippen LogP contribution in [0.1, 0.15) is 0 Å². The van der Waals surface area contributed by atoms with Crippen molar-refractivity contribution in [2.75, 3.05) is 0 Å². The molecule has 0 unspecified atom stereocenters. The third kappa shape index (κ3) is 2.91. The topological polar surface area (TPSA) is 222 Å². The first-order valence-corrected chi connectivity index (χ1v) is 3.61. The van der Waals surface area contributed by atoms with Gasteiger partial charge in [-0.3, -0.25) is 0 Å². The second-order valence-electron chi connectivity index (χ2n) is 2.16. The van der Waals surface area contributed by atoms with Crippen LogP contribution in [0, 0.1) is 31.9 Å². The number of azide groups is 1. The van der Waals surface area contributed by atoms with E-state index in [0.29, 0.717) is 0 Å². The van der Waals surface area contributed by atoms with E-state index in [-0.39, 0.29) is 10.1 Å². The van der Waals surface area contributed by atoms with E-state index in [9.17, 15) is 19.8 Å². The van der Waals surface area contributed by atoms with Crippen LogP contribution in [0.3, 0.4) is 0 Å². The molecule has 18 heavy (non-hydrogen) atoms. The Morgan fingerprint density at radius 3 is 2.50 bits per heavy atom. The average molecular weight is 257 g/mol. The number of urea groups is 1. The summed E-state index contributed by atoms with van der Waals surface area (Å²) in [6.45, 7) is 0. The van der Waals surface area contributed by atoms with Crippen LogP contribution in [0.5, 0.6) is 0 Å². The summed E-state index contributed by atoms with van der Waals surface area (Å²) in [5, 5.41) is 27.2. The Morgan fingerprint density at radius 1 is 1.67 bits per heavy atom. The molecule has 0 aromatic carbocycles. The first-order chi connectivity index (χ1) is 8.40. The molecule has 0 atom stereocenters. The molecule has 15 nitrogen and oxygen atoms in total. The van der Waals surface area contributed by atoms with Crippen LogP contribution in [-0.2, 0) is 0 Å². The molecule has 0 aliphatic heterocycles. The number of nitrogens with one attached hydrogen (secondary N) is 1. The van der Waals surface area contributed by atoms with Gasteiger partial charge in [0.25, 0.3) is 0 Å². The number of rotatable bonds is 3. The molecule has 94 valence electrons. The van der Waals surface area contributed by atoms with Crippen molar-refractivity contribution in [3.8, 4) is 6.19 Å². The highest BCUT2D eigenvalue weighted by Crippen LogP contribution is 2.04. The van der Waals surface area contributed by atoms with Crippen LogP contribution >= 0.6 is 0 Å². The molecular formula is C3H3N11O4. The number of hydrogen-bond acceptors (Lipinski definition) is 8. The maximum atomic E-state index is 11.3. The highest BCUT2D eigenvalue weighted by molar-refractivity contribution is 5.80. The third-order valence-electron chi connectivity index (χ3n) is 1.21. The highest BCUT2D eigenvalue weighted by Gasteiger charge is 2.39. The van der Waals surface area contributed by atoms with Gasteiger partial charge in [0.1, 0.15) is 5.12 Å². The standard InChI is InChI=1S/C3H3N11O4/c4-1-11(12(2(5)6)9-8-7)3(15)13(10-16)14(17)18/h(H3,5,6). The fraction of sp³-hybridized carbons (Fsp3) is 0. The number of nitroso groups, excluding NO2 is 1. The van der Waals surface area contributed by atoms with Gasteiger partial charge in [-0.2, -0.15) is 10.2 Å². The fourth-order valence-electron chi connectivity index (χ4n) is 0.619. The Morgan fingerprint density at radius 2 is 2.22 bits per heavy atom. The quantitative estimate of drug-likeness (QED) is 0.0636. The molecule has 0 heterocycles. The summed E-state index contributed by atoms with van der Waals surface area (Å²) in [4.78, 5) is 33.7. The lowest BCUT2D eigenvalue weighted by atomic mass is 10.8. The lowest BCUT2D eigenvalue weighted by molar-refractivity contribution is -0.636. The summed E-state index contributed by atoms with van der Waals surface area (Å²) in [5.41, 5.74) is 13.0. The van der Waals surface area contributed by atoms with Gasteiger partial charge in [0.2, 0.25) is 6.19 Å². The minimum absolute atomic E-state index is 0.121. The number of nitrogens with zero attached hydrogens (tertiary/aromatic N) is 9. The van der Waals surface area contributed by atoms with Gasteiger partial charge in [-0.1, -0.05) is 5.12 Å². The van der Waals surface area contributed by atoms with Crippen LogP contribution in [-0.4, -0.2) is 32.3 Å². The number of nitrogens with two attached hydrogens (primary N) is 1. The van der Waals surface area contributed by atoms with Crippen molar-refractivity contribution in [1.29, 1.82) is 10.7 Å². The zero-order valence-corrected chi connectivity index (χ0v) is 8.24. The Kier molecular flexibility index (Phi) is 4.81. The zero-order chi connectivity index (χ0) is 14.3. The van der Waals surface area contributed by atoms with E-state index in [4.69, 9.17) is 21.9 Å². The molecule has 0 aromatic heterocycles. The molecule has 0 bridgehead atoms. The number of nitro groups is 1. The maximum absolute atomic E-state index is 11.3. The second-order valence-corrected chi connectivity index (χ2v) is 2.16. The van der Waals surface area contributed by atoms with E-state index in [1.54, 1.807) is 5.29 Å². The van der Waals surface area contributed by atoms with Gasteiger partial charge >= 0.3 is 17.3 Å². The monoisotopic (exact) mass is 257 g/mol. The third-order valence-corrected chi connectivity index (χ3v) is 1.21.